The smallest absolute Gasteiger partial charge is 0.264 e. The lowest BCUT2D eigenvalue weighted by Gasteiger charge is -2.22. The van der Waals surface area contributed by atoms with E-state index in [0.29, 0.717) is 29.4 Å². The van der Waals surface area contributed by atoms with Gasteiger partial charge in [-0.3, -0.25) is 4.31 Å². The van der Waals surface area contributed by atoms with Gasteiger partial charge in [0, 0.05) is 18.6 Å². The van der Waals surface area contributed by atoms with Crippen LogP contribution in [0, 0.1) is 12.3 Å². The second-order valence-electron chi connectivity index (χ2n) is 5.86. The van der Waals surface area contributed by atoms with Crippen molar-refractivity contribution in [2.45, 2.75) is 10.9 Å². The van der Waals surface area contributed by atoms with E-state index in [1.165, 1.54) is 10.4 Å². The Morgan fingerprint density at radius 3 is 2.81 bits per heavy atom. The highest BCUT2D eigenvalue weighted by molar-refractivity contribution is 7.92. The molecule has 5 nitrogen and oxygen atoms in total. The first-order valence-electron chi connectivity index (χ1n) is 8.08. The van der Waals surface area contributed by atoms with E-state index in [1.807, 2.05) is 18.2 Å². The summed E-state index contributed by atoms with van der Waals surface area (Å²) in [5, 5.41) is 3.76. The summed E-state index contributed by atoms with van der Waals surface area (Å²) < 4.78 is 32.8. The van der Waals surface area contributed by atoms with E-state index < -0.39 is 10.0 Å². The molecule has 2 aromatic carbocycles. The molecule has 1 unspecified atom stereocenters. The molecule has 3 rings (SSSR count). The minimum atomic E-state index is -3.71. The molecule has 26 heavy (non-hydrogen) atoms. The van der Waals surface area contributed by atoms with E-state index in [0.717, 1.165) is 5.56 Å². The van der Waals surface area contributed by atoms with Gasteiger partial charge in [0.1, 0.15) is 6.61 Å². The maximum atomic E-state index is 13.1. The Labute approximate surface area is 159 Å². The zero-order chi connectivity index (χ0) is 18.7. The molecule has 1 atom stereocenters. The number of sulfonamides is 1. The lowest BCUT2D eigenvalue weighted by atomic mass is 9.97. The summed E-state index contributed by atoms with van der Waals surface area (Å²) in [4.78, 5) is 0.200. The number of benzene rings is 2. The van der Waals surface area contributed by atoms with Gasteiger partial charge < -0.3 is 10.1 Å². The number of hydrogen-bond acceptors (Lipinski definition) is 4. The Balaban J connectivity index is 2.08. The summed E-state index contributed by atoms with van der Waals surface area (Å²) in [6.07, 6.45) is 5.18. The molecule has 1 aliphatic rings. The molecule has 0 radical (unpaired) electrons. The van der Waals surface area contributed by atoms with Gasteiger partial charge in [0.25, 0.3) is 10.0 Å². The number of fused-ring (bicyclic) bond motifs is 2. The fourth-order valence-electron chi connectivity index (χ4n) is 3.06. The van der Waals surface area contributed by atoms with Gasteiger partial charge in [0.05, 0.1) is 23.2 Å². The van der Waals surface area contributed by atoms with Crippen LogP contribution in [-0.4, -0.2) is 35.2 Å². The van der Waals surface area contributed by atoms with Crippen LogP contribution in [0.4, 0.5) is 5.69 Å². The van der Waals surface area contributed by atoms with Crippen LogP contribution in [0.15, 0.2) is 47.4 Å². The molecule has 0 saturated heterocycles. The van der Waals surface area contributed by atoms with Gasteiger partial charge in [0.15, 0.2) is 0 Å². The van der Waals surface area contributed by atoms with Crippen molar-refractivity contribution in [2.75, 3.05) is 31.1 Å². The zero-order valence-electron chi connectivity index (χ0n) is 14.3. The zero-order valence-corrected chi connectivity index (χ0v) is 15.8. The van der Waals surface area contributed by atoms with E-state index in [-0.39, 0.29) is 17.5 Å². The molecule has 0 aromatic heterocycles. The highest BCUT2D eigenvalue weighted by atomic mass is 35.5. The molecule has 0 aliphatic carbocycles. The third-order valence-electron chi connectivity index (χ3n) is 4.29. The van der Waals surface area contributed by atoms with Crippen molar-refractivity contribution in [3.05, 3.63) is 58.6 Å². The van der Waals surface area contributed by atoms with Gasteiger partial charge in [0.2, 0.25) is 0 Å². The number of hydrogen-bond donors (Lipinski definition) is 1. The summed E-state index contributed by atoms with van der Waals surface area (Å²) in [6, 6.07) is 12.1. The highest BCUT2D eigenvalue weighted by Gasteiger charge is 2.34. The summed E-state index contributed by atoms with van der Waals surface area (Å²) in [5.41, 5.74) is 2.15. The molecule has 2 aromatic rings. The van der Waals surface area contributed by atoms with Crippen molar-refractivity contribution >= 4 is 27.3 Å². The maximum Gasteiger partial charge on any atom is 0.264 e. The predicted molar refractivity (Wildman–Crippen MR) is 103 cm³/mol. The fourth-order valence-corrected chi connectivity index (χ4v) is 4.78. The lowest BCUT2D eigenvalue weighted by molar-refractivity contribution is 0.167. The van der Waals surface area contributed by atoms with Gasteiger partial charge in [-0.15, -0.1) is 6.42 Å². The van der Waals surface area contributed by atoms with Crippen LogP contribution in [0.25, 0.3) is 0 Å². The van der Waals surface area contributed by atoms with E-state index in [4.69, 9.17) is 22.8 Å². The van der Waals surface area contributed by atoms with Gasteiger partial charge in [-0.25, -0.2) is 8.42 Å². The average molecular weight is 391 g/mol. The van der Waals surface area contributed by atoms with E-state index in [9.17, 15) is 8.42 Å². The number of para-hydroxylation sites is 1. The van der Waals surface area contributed by atoms with Gasteiger partial charge >= 0.3 is 0 Å². The van der Waals surface area contributed by atoms with Crippen molar-refractivity contribution in [1.82, 2.24) is 5.32 Å². The Morgan fingerprint density at radius 1 is 1.27 bits per heavy atom. The number of rotatable bonds is 5. The molecular formula is C19H19ClN2O3S. The number of halogens is 1. The molecule has 0 spiro atoms. The van der Waals surface area contributed by atoms with Crippen LogP contribution in [0.5, 0.6) is 0 Å². The molecule has 0 saturated carbocycles. The molecule has 0 amide bonds. The van der Waals surface area contributed by atoms with Crippen LogP contribution < -0.4 is 9.62 Å². The molecular weight excluding hydrogens is 372 g/mol. The molecule has 0 bridgehead atoms. The first-order chi connectivity index (χ1) is 12.5. The van der Waals surface area contributed by atoms with Crippen LogP contribution in [0.3, 0.4) is 0 Å². The van der Waals surface area contributed by atoms with E-state index in [2.05, 4.69) is 11.2 Å². The molecule has 136 valence electrons. The number of nitrogens with one attached hydrogen (secondary N) is 1. The number of ether oxygens (including phenoxy) is 1. The summed E-state index contributed by atoms with van der Waals surface area (Å²) in [6.45, 7) is 1.19. The number of nitrogens with zero attached hydrogens (tertiary/aromatic N) is 1. The first kappa shape index (κ1) is 18.7. The molecule has 1 heterocycles. The van der Waals surface area contributed by atoms with Crippen molar-refractivity contribution < 1.29 is 13.2 Å². The molecule has 7 heteroatoms. The summed E-state index contributed by atoms with van der Waals surface area (Å²) >= 11 is 6.08. The summed E-state index contributed by atoms with van der Waals surface area (Å²) in [7, 11) is -2.16. The Bertz CT molecular complexity index is 953. The normalized spacial score (nSPS) is 17.7. The first-order valence-corrected chi connectivity index (χ1v) is 9.90. The van der Waals surface area contributed by atoms with Crippen molar-refractivity contribution in [2.24, 2.45) is 0 Å². The quantitative estimate of drug-likeness (QED) is 0.630. The van der Waals surface area contributed by atoms with Crippen LogP contribution in [-0.2, 0) is 14.8 Å². The van der Waals surface area contributed by atoms with Crippen molar-refractivity contribution in [1.29, 1.82) is 0 Å². The SMILES string of the molecule is C#CCOCCNC1c2ccccc2N(C)S(=O)(=O)c2cc(Cl)ccc21. The third kappa shape index (κ3) is 3.44. The van der Waals surface area contributed by atoms with E-state index in [1.54, 1.807) is 25.2 Å². The predicted octanol–water partition coefficient (Wildman–Crippen LogP) is 2.81. The Kier molecular flexibility index (Phi) is 5.54. The highest BCUT2D eigenvalue weighted by Crippen LogP contribution is 2.40. The monoisotopic (exact) mass is 390 g/mol. The average Bonchev–Trinajstić information content (AvgIpc) is 2.70. The lowest BCUT2D eigenvalue weighted by Crippen LogP contribution is -2.26. The van der Waals surface area contributed by atoms with Gasteiger partial charge in [-0.2, -0.15) is 0 Å². The Morgan fingerprint density at radius 2 is 2.04 bits per heavy atom. The molecule has 1 aliphatic heterocycles. The van der Waals surface area contributed by atoms with Gasteiger partial charge in [-0.1, -0.05) is 41.8 Å². The summed E-state index contributed by atoms with van der Waals surface area (Å²) in [5.74, 6) is 2.42. The fraction of sp³-hybridized carbons (Fsp3) is 0.263. The van der Waals surface area contributed by atoms with Crippen LogP contribution in [0.1, 0.15) is 17.2 Å². The van der Waals surface area contributed by atoms with Crippen LogP contribution in [0.2, 0.25) is 5.02 Å². The molecule has 1 N–H and O–H groups in total. The Hall–Kier alpha value is -2.04. The van der Waals surface area contributed by atoms with E-state index >= 15 is 0 Å². The van der Waals surface area contributed by atoms with Gasteiger partial charge in [-0.05, 0) is 29.3 Å². The number of terminal acetylenes is 1. The molecule has 0 fully saturated rings. The minimum Gasteiger partial charge on any atom is -0.367 e. The maximum absolute atomic E-state index is 13.1. The minimum absolute atomic E-state index is 0.200. The third-order valence-corrected chi connectivity index (χ3v) is 6.35. The number of anilines is 1. The standard InChI is InChI=1S/C19H19ClN2O3S/c1-3-11-25-12-10-21-19-15-6-4-5-7-17(15)22(2)26(23,24)18-13-14(20)8-9-16(18)19/h1,4-9,13,19,21H,10-12H2,2H3. The largest absolute Gasteiger partial charge is 0.367 e. The topological polar surface area (TPSA) is 58.6 Å². The van der Waals surface area contributed by atoms with Crippen molar-refractivity contribution in [3.63, 3.8) is 0 Å². The van der Waals surface area contributed by atoms with Crippen molar-refractivity contribution in [3.8, 4) is 12.3 Å². The second-order valence-corrected chi connectivity index (χ2v) is 8.23. The second kappa shape index (κ2) is 7.68. The van der Waals surface area contributed by atoms with Crippen LogP contribution >= 0.6 is 11.6 Å².